The Labute approximate surface area is 108 Å². The van der Waals surface area contributed by atoms with E-state index in [4.69, 9.17) is 0 Å². The second-order valence-corrected chi connectivity index (χ2v) is 4.05. The second kappa shape index (κ2) is 8.89. The topological polar surface area (TPSA) is 52.6 Å². The summed E-state index contributed by atoms with van der Waals surface area (Å²) in [5.41, 5.74) is -2.65. The summed E-state index contributed by atoms with van der Waals surface area (Å²) < 4.78 is 23.7. The highest BCUT2D eigenvalue weighted by Crippen LogP contribution is 2.24. The van der Waals surface area contributed by atoms with Crippen molar-refractivity contribution in [3.63, 3.8) is 0 Å². The number of rotatable bonds is 9. The van der Waals surface area contributed by atoms with Crippen molar-refractivity contribution in [2.75, 3.05) is 13.2 Å². The van der Waals surface area contributed by atoms with Crippen molar-refractivity contribution < 1.29 is 23.5 Å². The number of hydrogen-bond donors (Lipinski definition) is 0. The second-order valence-electron chi connectivity index (χ2n) is 4.05. The molecule has 0 spiro atoms. The first-order valence-corrected chi connectivity index (χ1v) is 6.56. The summed E-state index contributed by atoms with van der Waals surface area (Å²) in [5, 5.41) is 0. The van der Waals surface area contributed by atoms with Gasteiger partial charge in [-0.2, -0.15) is 0 Å². The lowest BCUT2D eigenvalue weighted by atomic mass is 9.97. The zero-order chi connectivity index (χ0) is 14.0. The molecule has 0 unspecified atom stereocenters. The van der Waals surface area contributed by atoms with Crippen LogP contribution in [-0.2, 0) is 19.1 Å². The molecule has 0 fully saturated rings. The monoisotopic (exact) mass is 262 g/mol. The molecule has 0 amide bonds. The predicted octanol–water partition coefficient (Wildman–Crippen LogP) is 2.79. The Kier molecular flexibility index (Phi) is 8.33. The normalized spacial score (nSPS) is 11.1. The first-order valence-electron chi connectivity index (χ1n) is 6.56. The smallest absolute Gasteiger partial charge is 0.355 e. The molecule has 0 aliphatic heterocycles. The van der Waals surface area contributed by atoms with Gasteiger partial charge in [-0.05, 0) is 20.3 Å². The minimum absolute atomic E-state index is 0.0405. The van der Waals surface area contributed by atoms with Crippen LogP contribution in [0.4, 0.5) is 4.39 Å². The van der Waals surface area contributed by atoms with Crippen molar-refractivity contribution in [1.82, 2.24) is 0 Å². The van der Waals surface area contributed by atoms with Crippen molar-refractivity contribution >= 4 is 11.9 Å². The summed E-state index contributed by atoms with van der Waals surface area (Å²) in [7, 11) is 0. The van der Waals surface area contributed by atoms with Gasteiger partial charge in [-0.25, -0.2) is 14.0 Å². The third kappa shape index (κ3) is 5.02. The lowest BCUT2D eigenvalue weighted by Crippen LogP contribution is -2.45. The maximum atomic E-state index is 14.4. The molecule has 4 nitrogen and oxygen atoms in total. The summed E-state index contributed by atoms with van der Waals surface area (Å²) in [4.78, 5) is 23.1. The van der Waals surface area contributed by atoms with Gasteiger partial charge in [0.05, 0.1) is 13.2 Å². The largest absolute Gasteiger partial charge is 0.463 e. The molecule has 0 rings (SSSR count). The van der Waals surface area contributed by atoms with Crippen LogP contribution < -0.4 is 0 Å². The molecule has 0 atom stereocenters. The lowest BCUT2D eigenvalue weighted by molar-refractivity contribution is -0.175. The minimum Gasteiger partial charge on any atom is -0.463 e. The van der Waals surface area contributed by atoms with E-state index >= 15 is 0 Å². The van der Waals surface area contributed by atoms with Gasteiger partial charge in [-0.15, -0.1) is 0 Å². The van der Waals surface area contributed by atoms with Gasteiger partial charge in [0.2, 0.25) is 0 Å². The SMILES string of the molecule is CCCCCCC(F)(C(=O)OCC)C(=O)OCC. The van der Waals surface area contributed by atoms with Crippen molar-refractivity contribution in [3.8, 4) is 0 Å². The van der Waals surface area contributed by atoms with E-state index in [1.54, 1.807) is 13.8 Å². The summed E-state index contributed by atoms with van der Waals surface area (Å²) in [5.74, 6) is -2.28. The van der Waals surface area contributed by atoms with Gasteiger partial charge in [0.15, 0.2) is 0 Å². The molecular formula is C13H23FO4. The van der Waals surface area contributed by atoms with Crippen molar-refractivity contribution in [2.45, 2.75) is 58.5 Å². The average Bonchev–Trinajstić information content (AvgIpc) is 2.35. The maximum Gasteiger partial charge on any atom is 0.355 e. The van der Waals surface area contributed by atoms with E-state index in [9.17, 15) is 14.0 Å². The molecule has 0 aliphatic carbocycles. The Hall–Kier alpha value is -1.13. The molecule has 0 aliphatic rings. The highest BCUT2D eigenvalue weighted by atomic mass is 19.1. The van der Waals surface area contributed by atoms with Crippen molar-refractivity contribution in [2.24, 2.45) is 0 Å². The Balaban J connectivity index is 4.58. The van der Waals surface area contributed by atoms with Crippen LogP contribution in [0.1, 0.15) is 52.9 Å². The Bertz CT molecular complexity index is 248. The lowest BCUT2D eigenvalue weighted by Gasteiger charge is -2.21. The fourth-order valence-corrected chi connectivity index (χ4v) is 1.57. The number of hydrogen-bond acceptors (Lipinski definition) is 4. The van der Waals surface area contributed by atoms with Gasteiger partial charge in [-0.3, -0.25) is 0 Å². The average molecular weight is 262 g/mol. The molecule has 0 saturated heterocycles. The Morgan fingerprint density at radius 1 is 0.944 bits per heavy atom. The zero-order valence-corrected chi connectivity index (χ0v) is 11.5. The molecule has 0 aromatic heterocycles. The summed E-state index contributed by atoms with van der Waals surface area (Å²) in [6, 6.07) is 0. The van der Waals surface area contributed by atoms with E-state index in [-0.39, 0.29) is 19.6 Å². The fraction of sp³-hybridized carbons (Fsp3) is 0.846. The number of carbonyl (C=O) groups is 2. The zero-order valence-electron chi connectivity index (χ0n) is 11.5. The summed E-state index contributed by atoms with van der Waals surface area (Å²) >= 11 is 0. The van der Waals surface area contributed by atoms with Crippen LogP contribution in [0.5, 0.6) is 0 Å². The van der Waals surface area contributed by atoms with Gasteiger partial charge < -0.3 is 9.47 Å². The molecule has 0 saturated carbocycles. The van der Waals surface area contributed by atoms with Crippen LogP contribution in [0.3, 0.4) is 0 Å². The van der Waals surface area contributed by atoms with E-state index in [2.05, 4.69) is 9.47 Å². The molecule has 0 heterocycles. The van der Waals surface area contributed by atoms with E-state index in [1.807, 2.05) is 6.92 Å². The molecule has 5 heteroatoms. The first-order chi connectivity index (χ1) is 8.52. The molecule has 0 aromatic carbocycles. The third-order valence-corrected chi connectivity index (χ3v) is 2.57. The molecule has 0 radical (unpaired) electrons. The number of halogens is 1. The highest BCUT2D eigenvalue weighted by Gasteiger charge is 2.49. The quantitative estimate of drug-likeness (QED) is 0.364. The van der Waals surface area contributed by atoms with Gasteiger partial charge in [0.1, 0.15) is 0 Å². The van der Waals surface area contributed by atoms with E-state index < -0.39 is 17.6 Å². The first kappa shape index (κ1) is 16.9. The van der Waals surface area contributed by atoms with Crippen LogP contribution >= 0.6 is 0 Å². The number of carbonyl (C=O) groups excluding carboxylic acids is 2. The molecule has 0 bridgehead atoms. The standard InChI is InChI=1S/C13H23FO4/c1-4-7-8-9-10-13(14,11(15)17-5-2)12(16)18-6-3/h4-10H2,1-3H3. The number of esters is 2. The fourth-order valence-electron chi connectivity index (χ4n) is 1.57. The molecular weight excluding hydrogens is 239 g/mol. The van der Waals surface area contributed by atoms with Crippen LogP contribution in [0.2, 0.25) is 0 Å². The molecule has 0 aromatic rings. The van der Waals surface area contributed by atoms with Crippen LogP contribution in [0.15, 0.2) is 0 Å². The summed E-state index contributed by atoms with van der Waals surface area (Å²) in [6.07, 6.45) is 3.01. The van der Waals surface area contributed by atoms with Crippen LogP contribution in [0.25, 0.3) is 0 Å². The van der Waals surface area contributed by atoms with Crippen LogP contribution in [0, 0.1) is 0 Å². The number of unbranched alkanes of at least 4 members (excludes halogenated alkanes) is 3. The van der Waals surface area contributed by atoms with Crippen molar-refractivity contribution in [1.29, 1.82) is 0 Å². The maximum absolute atomic E-state index is 14.4. The van der Waals surface area contributed by atoms with Gasteiger partial charge >= 0.3 is 17.6 Å². The molecule has 0 N–H and O–H groups in total. The van der Waals surface area contributed by atoms with Gasteiger partial charge in [0.25, 0.3) is 0 Å². The van der Waals surface area contributed by atoms with E-state index in [0.717, 1.165) is 19.3 Å². The van der Waals surface area contributed by atoms with E-state index in [0.29, 0.717) is 6.42 Å². The van der Waals surface area contributed by atoms with Crippen molar-refractivity contribution in [3.05, 3.63) is 0 Å². The Morgan fingerprint density at radius 3 is 1.83 bits per heavy atom. The third-order valence-electron chi connectivity index (χ3n) is 2.57. The minimum atomic E-state index is -2.65. The molecule has 106 valence electrons. The van der Waals surface area contributed by atoms with Gasteiger partial charge in [-0.1, -0.05) is 26.2 Å². The summed E-state index contributed by atoms with van der Waals surface area (Å²) in [6.45, 7) is 5.25. The Morgan fingerprint density at radius 2 is 1.44 bits per heavy atom. The van der Waals surface area contributed by atoms with Gasteiger partial charge in [0, 0.05) is 6.42 Å². The number of alkyl halides is 1. The van der Waals surface area contributed by atoms with Crippen LogP contribution in [-0.4, -0.2) is 30.8 Å². The predicted molar refractivity (Wildman–Crippen MR) is 65.9 cm³/mol. The van der Waals surface area contributed by atoms with E-state index in [1.165, 1.54) is 0 Å². The molecule has 18 heavy (non-hydrogen) atoms. The highest BCUT2D eigenvalue weighted by molar-refractivity contribution is 6.03. The number of ether oxygens (including phenoxy) is 2.